The first-order chi connectivity index (χ1) is 16.1. The third kappa shape index (κ3) is 3.97. The van der Waals surface area contributed by atoms with E-state index in [1.807, 2.05) is 24.3 Å². The van der Waals surface area contributed by atoms with Crippen LogP contribution >= 0.6 is 0 Å². The third-order valence-electron chi connectivity index (χ3n) is 5.81. The van der Waals surface area contributed by atoms with Crippen LogP contribution in [0.4, 0.5) is 4.79 Å². The fraction of sp³-hybridized carbons (Fsp3) is 0.148. The van der Waals surface area contributed by atoms with Crippen LogP contribution in [0.15, 0.2) is 77.9 Å². The molecule has 0 aliphatic heterocycles. The number of ether oxygens (including phenoxy) is 1. The lowest BCUT2D eigenvalue weighted by Crippen LogP contribution is -2.26. The Labute approximate surface area is 190 Å². The molecule has 0 saturated carbocycles. The van der Waals surface area contributed by atoms with E-state index in [0.717, 1.165) is 0 Å². The van der Waals surface area contributed by atoms with Gasteiger partial charge in [0.2, 0.25) is 0 Å². The van der Waals surface area contributed by atoms with E-state index in [2.05, 4.69) is 46.4 Å². The van der Waals surface area contributed by atoms with Gasteiger partial charge in [0.1, 0.15) is 6.61 Å². The summed E-state index contributed by atoms with van der Waals surface area (Å²) in [6, 6.07) is 21.7. The van der Waals surface area contributed by atoms with Gasteiger partial charge in [-0.1, -0.05) is 60.4 Å². The van der Waals surface area contributed by atoms with Crippen LogP contribution in [-0.2, 0) is 11.8 Å². The molecule has 1 aliphatic rings. The number of carbonyl (C=O) groups is 1. The Bertz CT molecular complexity index is 1450. The molecule has 162 valence electrons. The van der Waals surface area contributed by atoms with E-state index in [1.165, 1.54) is 33.1 Å². The van der Waals surface area contributed by atoms with Gasteiger partial charge in [0.05, 0.1) is 23.8 Å². The average molecular weight is 435 g/mol. The number of fused-ring (bicyclic) bond motifs is 4. The molecule has 1 aromatic heterocycles. The molecule has 3 aromatic carbocycles. The first-order valence-electron chi connectivity index (χ1n) is 10.6. The van der Waals surface area contributed by atoms with E-state index >= 15 is 0 Å². The Morgan fingerprint density at radius 3 is 2.48 bits per heavy atom. The number of rotatable bonds is 3. The van der Waals surface area contributed by atoms with Gasteiger partial charge in [-0.3, -0.25) is 4.79 Å². The van der Waals surface area contributed by atoms with Crippen molar-refractivity contribution < 1.29 is 9.53 Å². The van der Waals surface area contributed by atoms with Crippen LogP contribution < -0.4 is 10.9 Å². The van der Waals surface area contributed by atoms with Gasteiger partial charge < -0.3 is 14.6 Å². The van der Waals surface area contributed by atoms with Crippen molar-refractivity contribution in [1.29, 1.82) is 0 Å². The molecule has 0 unspecified atom stereocenters. The second-order valence-corrected chi connectivity index (χ2v) is 7.87. The number of nitrogens with one attached hydrogen (secondary N) is 1. The largest absolute Gasteiger partial charge is 0.449 e. The molecule has 0 bridgehead atoms. The molecule has 1 aliphatic carbocycles. The fourth-order valence-electron chi connectivity index (χ4n) is 4.20. The average Bonchev–Trinajstić information content (AvgIpc) is 3.17. The lowest BCUT2D eigenvalue weighted by atomic mass is 9.98. The maximum Gasteiger partial charge on any atom is 0.407 e. The molecular weight excluding hydrogens is 414 g/mol. The summed E-state index contributed by atoms with van der Waals surface area (Å²) < 4.78 is 6.94. The summed E-state index contributed by atoms with van der Waals surface area (Å²) in [6.07, 6.45) is 0.983. The van der Waals surface area contributed by atoms with Crippen molar-refractivity contribution in [2.24, 2.45) is 7.05 Å². The van der Waals surface area contributed by atoms with Crippen molar-refractivity contribution in [1.82, 2.24) is 14.9 Å². The van der Waals surface area contributed by atoms with Crippen LogP contribution in [0, 0.1) is 11.8 Å². The van der Waals surface area contributed by atoms with E-state index in [9.17, 15) is 9.59 Å². The zero-order valence-corrected chi connectivity index (χ0v) is 18.0. The maximum absolute atomic E-state index is 12.2. The molecule has 5 rings (SSSR count). The molecule has 0 atom stereocenters. The summed E-state index contributed by atoms with van der Waals surface area (Å²) in [4.78, 5) is 28.7. The van der Waals surface area contributed by atoms with Gasteiger partial charge in [0.15, 0.2) is 0 Å². The van der Waals surface area contributed by atoms with Crippen LogP contribution in [0.25, 0.3) is 22.0 Å². The smallest absolute Gasteiger partial charge is 0.407 e. The minimum Gasteiger partial charge on any atom is -0.449 e. The lowest BCUT2D eigenvalue weighted by Gasteiger charge is -2.14. The number of benzene rings is 3. The quantitative estimate of drug-likeness (QED) is 0.497. The van der Waals surface area contributed by atoms with Crippen molar-refractivity contribution in [3.8, 4) is 23.0 Å². The molecule has 6 nitrogen and oxygen atoms in total. The predicted octanol–water partition coefficient (Wildman–Crippen LogP) is 3.82. The summed E-state index contributed by atoms with van der Waals surface area (Å²) >= 11 is 0. The van der Waals surface area contributed by atoms with Gasteiger partial charge in [-0.05, 0) is 40.5 Å². The highest BCUT2D eigenvalue weighted by Gasteiger charge is 2.28. The molecule has 33 heavy (non-hydrogen) atoms. The molecule has 1 N–H and O–H groups in total. The number of carbonyl (C=O) groups excluding carboxylic acids is 1. The topological polar surface area (TPSA) is 73.2 Å². The molecule has 0 radical (unpaired) electrons. The molecule has 6 heteroatoms. The molecule has 0 spiro atoms. The van der Waals surface area contributed by atoms with Gasteiger partial charge in [-0.25, -0.2) is 9.78 Å². The zero-order chi connectivity index (χ0) is 22.8. The van der Waals surface area contributed by atoms with Crippen LogP contribution in [0.2, 0.25) is 0 Å². The number of aromatic nitrogens is 2. The van der Waals surface area contributed by atoms with E-state index in [0.29, 0.717) is 16.5 Å². The van der Waals surface area contributed by atoms with Gasteiger partial charge in [0, 0.05) is 18.5 Å². The van der Waals surface area contributed by atoms with E-state index < -0.39 is 6.09 Å². The lowest BCUT2D eigenvalue weighted by molar-refractivity contribution is 0.144. The molecular formula is C27H21N3O3. The fourth-order valence-corrected chi connectivity index (χ4v) is 4.20. The van der Waals surface area contributed by atoms with Gasteiger partial charge in [-0.15, -0.1) is 0 Å². The number of amides is 1. The standard InChI is InChI=1S/C27H21N3O3/c1-30-17-29-25-13-12-18(15-23(25)26(30)31)7-6-14-28-27(32)33-16-24-21-10-4-2-8-19(21)20-9-3-5-11-22(20)24/h2-5,8-13,15,17,24H,14,16H2,1H3,(H,28,32). The van der Waals surface area contributed by atoms with Crippen molar-refractivity contribution >= 4 is 17.0 Å². The van der Waals surface area contributed by atoms with Crippen LogP contribution in [-0.4, -0.2) is 28.8 Å². The second-order valence-electron chi connectivity index (χ2n) is 7.87. The Morgan fingerprint density at radius 1 is 1.06 bits per heavy atom. The number of alkyl carbamates (subject to hydrolysis) is 1. The normalized spacial score (nSPS) is 11.9. The number of aryl methyl sites for hydroxylation is 1. The Hall–Kier alpha value is -4.37. The molecule has 0 fully saturated rings. The molecule has 0 saturated heterocycles. The van der Waals surface area contributed by atoms with Crippen LogP contribution in [0.5, 0.6) is 0 Å². The Kier molecular flexibility index (Phi) is 5.37. The van der Waals surface area contributed by atoms with Crippen molar-refractivity contribution in [2.45, 2.75) is 5.92 Å². The van der Waals surface area contributed by atoms with Crippen molar-refractivity contribution in [3.63, 3.8) is 0 Å². The molecule has 1 amide bonds. The van der Waals surface area contributed by atoms with Crippen molar-refractivity contribution in [3.05, 3.63) is 100 Å². The molecule has 4 aromatic rings. The van der Waals surface area contributed by atoms with Crippen LogP contribution in [0.1, 0.15) is 22.6 Å². The minimum absolute atomic E-state index is 0.0167. The SMILES string of the molecule is Cn1cnc2ccc(C#CCNC(=O)OCC3c4ccccc4-c4ccccc43)cc2c1=O. The zero-order valence-electron chi connectivity index (χ0n) is 18.0. The summed E-state index contributed by atoms with van der Waals surface area (Å²) in [5.41, 5.74) is 5.90. The van der Waals surface area contributed by atoms with E-state index in [4.69, 9.17) is 4.74 Å². The van der Waals surface area contributed by atoms with Crippen molar-refractivity contribution in [2.75, 3.05) is 13.2 Å². The second kappa shape index (κ2) is 8.64. The number of hydrogen-bond donors (Lipinski definition) is 1. The number of nitrogens with zero attached hydrogens (tertiary/aromatic N) is 2. The third-order valence-corrected chi connectivity index (χ3v) is 5.81. The predicted molar refractivity (Wildman–Crippen MR) is 127 cm³/mol. The highest BCUT2D eigenvalue weighted by atomic mass is 16.5. The van der Waals surface area contributed by atoms with Gasteiger partial charge in [0.25, 0.3) is 5.56 Å². The highest BCUT2D eigenvalue weighted by molar-refractivity contribution is 5.80. The van der Waals surface area contributed by atoms with E-state index in [1.54, 1.807) is 25.2 Å². The van der Waals surface area contributed by atoms with Gasteiger partial charge in [-0.2, -0.15) is 0 Å². The monoisotopic (exact) mass is 435 g/mol. The molecule has 1 heterocycles. The number of hydrogen-bond acceptors (Lipinski definition) is 4. The van der Waals surface area contributed by atoms with Crippen LogP contribution in [0.3, 0.4) is 0 Å². The van der Waals surface area contributed by atoms with E-state index in [-0.39, 0.29) is 24.6 Å². The first kappa shape index (κ1) is 20.5. The summed E-state index contributed by atoms with van der Waals surface area (Å²) in [6.45, 7) is 0.397. The maximum atomic E-state index is 12.2. The Morgan fingerprint density at radius 2 is 1.76 bits per heavy atom. The minimum atomic E-state index is -0.511. The first-order valence-corrected chi connectivity index (χ1v) is 10.6. The Balaban J connectivity index is 1.21. The summed E-state index contributed by atoms with van der Waals surface area (Å²) in [7, 11) is 1.66. The summed E-state index contributed by atoms with van der Waals surface area (Å²) in [5.74, 6) is 5.88. The highest BCUT2D eigenvalue weighted by Crippen LogP contribution is 2.44. The van der Waals surface area contributed by atoms with Gasteiger partial charge >= 0.3 is 6.09 Å². The summed E-state index contributed by atoms with van der Waals surface area (Å²) in [5, 5.41) is 3.18.